The van der Waals surface area contributed by atoms with Crippen molar-refractivity contribution >= 4 is 30.4 Å². The molecule has 6 heteroatoms. The van der Waals surface area contributed by atoms with Crippen molar-refractivity contribution < 1.29 is 19.5 Å². The monoisotopic (exact) mass is 268 g/mol. The molecular weight excluding hydrogens is 254 g/mol. The van der Waals surface area contributed by atoms with Crippen molar-refractivity contribution in [3.63, 3.8) is 0 Å². The molecule has 0 bridgehead atoms. The Balaban J connectivity index is 0.000000149. The number of hydrogen-bond donors (Lipinski definition) is 3. The average Bonchev–Trinajstić information content (AvgIpc) is 2.96. The molecule has 0 spiro atoms. The zero-order valence-corrected chi connectivity index (χ0v) is 10.8. The summed E-state index contributed by atoms with van der Waals surface area (Å²) in [5.41, 5.74) is 0.900. The Morgan fingerprint density at radius 1 is 1.00 bits per heavy atom. The summed E-state index contributed by atoms with van der Waals surface area (Å²) in [5.74, 6) is 0. The zero-order chi connectivity index (χ0) is 14.4. The van der Waals surface area contributed by atoms with Gasteiger partial charge in [-0.2, -0.15) is 0 Å². The van der Waals surface area contributed by atoms with Crippen LogP contribution < -0.4 is 5.46 Å². The Kier molecular flexibility index (Phi) is 5.12. The number of hydrogen-bond acceptors (Lipinski definition) is 4. The van der Waals surface area contributed by atoms with Crippen molar-refractivity contribution in [2.45, 2.75) is 6.61 Å². The van der Waals surface area contributed by atoms with Gasteiger partial charge >= 0.3 is 59.8 Å². The second-order valence-electron chi connectivity index (χ2n) is 4.23. The molecule has 0 atom stereocenters. The molecule has 3 N–H and O–H groups in total. The number of rotatable bonds is 2. The van der Waals surface area contributed by atoms with Crippen LogP contribution in [0.5, 0.6) is 0 Å². The molecule has 0 saturated carbocycles. The van der Waals surface area contributed by atoms with Gasteiger partial charge in [-0.3, -0.25) is 0 Å². The fraction of sp³-hybridized carbons (Fsp3) is 0.0714. The average molecular weight is 268 g/mol. The van der Waals surface area contributed by atoms with Gasteiger partial charge in [0.15, 0.2) is 0 Å². The van der Waals surface area contributed by atoms with Gasteiger partial charge in [0.05, 0.1) is 6.61 Å². The molecule has 0 aliphatic rings. The Hall–Kier alpha value is -1.88. The first kappa shape index (κ1) is 14.5. The number of fused-ring (bicyclic) bond motifs is 1. The van der Waals surface area contributed by atoms with E-state index >= 15 is 0 Å². The van der Waals surface area contributed by atoms with Crippen LogP contribution in [0.2, 0.25) is 0 Å². The Bertz CT molecular complexity index is 637. The summed E-state index contributed by atoms with van der Waals surface area (Å²) >= 11 is 0. The van der Waals surface area contributed by atoms with E-state index in [1.807, 2.05) is 24.3 Å². The zero-order valence-electron chi connectivity index (χ0n) is 10.8. The number of aliphatic hydroxyl groups excluding tert-OH is 1. The SMILES string of the molecule is OCc1ccccc1B(O)O.b1occ2ccccc12. The summed E-state index contributed by atoms with van der Waals surface area (Å²) < 4.78 is 4.96. The molecule has 20 heavy (non-hydrogen) atoms. The van der Waals surface area contributed by atoms with Gasteiger partial charge in [0, 0.05) is 0 Å². The minimum absolute atomic E-state index is 0.173. The topological polar surface area (TPSA) is 73.8 Å². The van der Waals surface area contributed by atoms with Crippen molar-refractivity contribution in [3.8, 4) is 0 Å². The molecule has 0 aliphatic heterocycles. The van der Waals surface area contributed by atoms with Crippen LogP contribution in [-0.2, 0) is 6.61 Å². The molecule has 0 radical (unpaired) electrons. The summed E-state index contributed by atoms with van der Waals surface area (Å²) in [6.45, 7) is -0.173. The van der Waals surface area contributed by atoms with Crippen molar-refractivity contribution in [2.24, 2.45) is 0 Å². The molecule has 2 aromatic carbocycles. The van der Waals surface area contributed by atoms with Gasteiger partial charge in [-0.05, 0) is 11.0 Å². The van der Waals surface area contributed by atoms with Crippen LogP contribution in [0.15, 0.2) is 59.1 Å². The number of benzene rings is 2. The predicted octanol–water partition coefficient (Wildman–Crippen LogP) is 0.630. The van der Waals surface area contributed by atoms with Crippen molar-refractivity contribution in [1.82, 2.24) is 0 Å². The molecular formula is C14H14B2O4. The van der Waals surface area contributed by atoms with Gasteiger partial charge in [0.25, 0.3) is 0 Å². The van der Waals surface area contributed by atoms with Crippen LogP contribution in [0, 0.1) is 0 Å². The van der Waals surface area contributed by atoms with Gasteiger partial charge < -0.3 is 15.2 Å². The van der Waals surface area contributed by atoms with Crippen LogP contribution in [0.4, 0.5) is 0 Å². The third-order valence-corrected chi connectivity index (χ3v) is 2.89. The first-order chi connectivity index (χ1) is 9.72. The van der Waals surface area contributed by atoms with Gasteiger partial charge in [-0.15, -0.1) is 0 Å². The van der Waals surface area contributed by atoms with Crippen LogP contribution >= 0.6 is 0 Å². The molecule has 3 rings (SSSR count). The number of aliphatic hydroxyl groups is 1. The normalized spacial score (nSPS) is 9.75. The van der Waals surface area contributed by atoms with Crippen LogP contribution in [0.1, 0.15) is 5.56 Å². The third-order valence-electron chi connectivity index (χ3n) is 2.89. The van der Waals surface area contributed by atoms with E-state index in [0.29, 0.717) is 11.0 Å². The molecule has 1 aromatic heterocycles. The van der Waals surface area contributed by atoms with Crippen molar-refractivity contribution in [2.75, 3.05) is 0 Å². The Labute approximate surface area is 117 Å². The predicted molar refractivity (Wildman–Crippen MR) is 79.8 cm³/mol. The van der Waals surface area contributed by atoms with Gasteiger partial charge in [-0.1, -0.05) is 24.3 Å². The van der Waals surface area contributed by atoms with Gasteiger partial charge in [0.1, 0.15) is 0 Å². The van der Waals surface area contributed by atoms with Crippen LogP contribution in [0.25, 0.3) is 10.7 Å². The van der Waals surface area contributed by atoms with E-state index in [1.165, 1.54) is 0 Å². The molecule has 0 fully saturated rings. The summed E-state index contributed by atoms with van der Waals surface area (Å²) in [4.78, 5) is 0. The maximum atomic E-state index is 8.78. The van der Waals surface area contributed by atoms with E-state index < -0.39 is 7.12 Å². The third kappa shape index (κ3) is 3.57. The van der Waals surface area contributed by atoms with E-state index in [2.05, 4.69) is 0 Å². The molecule has 1 heterocycles. The van der Waals surface area contributed by atoms with Crippen LogP contribution in [-0.4, -0.2) is 29.4 Å². The first-order valence-electron chi connectivity index (χ1n) is 6.18. The maximum absolute atomic E-state index is 8.78. The molecule has 100 valence electrons. The van der Waals surface area contributed by atoms with Crippen molar-refractivity contribution in [3.05, 3.63) is 60.4 Å². The molecule has 4 nitrogen and oxygen atoms in total. The Morgan fingerprint density at radius 2 is 1.70 bits per heavy atom. The Morgan fingerprint density at radius 3 is 2.35 bits per heavy atom. The summed E-state index contributed by atoms with van der Waals surface area (Å²) in [6.07, 6.45) is 1.75. The second-order valence-corrected chi connectivity index (χ2v) is 4.23. The molecule has 0 saturated heterocycles. The second kappa shape index (κ2) is 7.05. The van der Waals surface area contributed by atoms with E-state index in [4.69, 9.17) is 19.5 Å². The fourth-order valence-electron chi connectivity index (χ4n) is 1.84. The molecule has 0 unspecified atom stereocenters. The molecule has 0 amide bonds. The quantitative estimate of drug-likeness (QED) is 0.596. The van der Waals surface area contributed by atoms with Crippen molar-refractivity contribution in [1.29, 1.82) is 0 Å². The van der Waals surface area contributed by atoms with Crippen LogP contribution in [0.3, 0.4) is 0 Å². The van der Waals surface area contributed by atoms with E-state index in [-0.39, 0.29) is 6.61 Å². The first-order valence-corrected chi connectivity index (χ1v) is 6.18. The summed E-state index contributed by atoms with van der Waals surface area (Å²) in [6, 6.07) is 14.7. The fourth-order valence-corrected chi connectivity index (χ4v) is 1.84. The summed E-state index contributed by atoms with van der Waals surface area (Å²) in [5, 5.41) is 28.6. The minimum atomic E-state index is -1.50. The summed E-state index contributed by atoms with van der Waals surface area (Å²) in [7, 11) is 0.244. The van der Waals surface area contributed by atoms with E-state index in [9.17, 15) is 0 Å². The van der Waals surface area contributed by atoms with E-state index in [0.717, 1.165) is 10.7 Å². The molecule has 3 aromatic rings. The van der Waals surface area contributed by atoms with E-state index in [1.54, 1.807) is 37.7 Å². The standard InChI is InChI=1S/C7H9BO3.C7H5BO/c9-5-6-3-1-2-4-7(6)8(10)11;1-2-4-7-6(3-1)5-9-8-7/h1-4,9-11H,5H2;1-5H. The van der Waals surface area contributed by atoms with Gasteiger partial charge in [-0.25, -0.2) is 0 Å². The molecule has 0 aliphatic carbocycles. The van der Waals surface area contributed by atoms with Gasteiger partial charge in [0.2, 0.25) is 0 Å².